The molecule has 0 saturated heterocycles. The molecule has 0 fully saturated rings. The molecular formula is C15H25N3O3S. The molecule has 0 saturated carbocycles. The molecule has 0 aromatic carbocycles. The van der Waals surface area contributed by atoms with Gasteiger partial charge >= 0.3 is 0 Å². The Morgan fingerprint density at radius 3 is 2.05 bits per heavy atom. The molecule has 0 aliphatic rings. The zero-order chi connectivity index (χ0) is 16.7. The first-order valence-electron chi connectivity index (χ1n) is 7.23. The monoisotopic (exact) mass is 327 g/mol. The molecule has 0 aliphatic carbocycles. The minimum absolute atomic E-state index is 0.130. The molecule has 0 aliphatic heterocycles. The van der Waals surface area contributed by atoms with Crippen molar-refractivity contribution in [2.24, 2.45) is 0 Å². The van der Waals surface area contributed by atoms with Gasteiger partial charge in [0.05, 0.1) is 31.8 Å². The van der Waals surface area contributed by atoms with E-state index in [4.69, 9.17) is 9.47 Å². The summed E-state index contributed by atoms with van der Waals surface area (Å²) in [6.45, 7) is 8.11. The average molecular weight is 327 g/mol. The Balaban J connectivity index is 2.61. The molecular weight excluding hydrogens is 302 g/mol. The lowest BCUT2D eigenvalue weighted by Crippen LogP contribution is -2.43. The summed E-state index contributed by atoms with van der Waals surface area (Å²) in [7, 11) is 3.09. The van der Waals surface area contributed by atoms with Crippen molar-refractivity contribution in [1.82, 2.24) is 14.9 Å². The first kappa shape index (κ1) is 18.5. The van der Waals surface area contributed by atoms with Crippen molar-refractivity contribution in [2.45, 2.75) is 45.5 Å². The molecule has 7 heteroatoms. The summed E-state index contributed by atoms with van der Waals surface area (Å²) >= 11 is 1.49. The maximum absolute atomic E-state index is 12.3. The van der Waals surface area contributed by atoms with Crippen molar-refractivity contribution < 1.29 is 14.3 Å². The number of thioether (sulfide) groups is 1. The summed E-state index contributed by atoms with van der Waals surface area (Å²) in [6, 6.07) is 2.01. The molecule has 1 aromatic rings. The summed E-state index contributed by atoms with van der Waals surface area (Å²) < 4.78 is 10.2. The van der Waals surface area contributed by atoms with Gasteiger partial charge in [0.25, 0.3) is 0 Å². The minimum atomic E-state index is 0.130. The Kier molecular flexibility index (Phi) is 7.44. The summed E-state index contributed by atoms with van der Waals surface area (Å²) in [5.41, 5.74) is 0. The zero-order valence-corrected chi connectivity index (χ0v) is 14.9. The number of rotatable bonds is 8. The van der Waals surface area contributed by atoms with E-state index in [1.54, 1.807) is 20.3 Å². The van der Waals surface area contributed by atoms with Crippen LogP contribution in [0.5, 0.6) is 11.8 Å². The smallest absolute Gasteiger partial charge is 0.233 e. The second kappa shape index (κ2) is 8.82. The number of nitrogens with zero attached hydrogens (tertiary/aromatic N) is 3. The summed E-state index contributed by atoms with van der Waals surface area (Å²) in [5.74, 6) is 2.57. The average Bonchev–Trinajstić information content (AvgIpc) is 2.45. The van der Waals surface area contributed by atoms with Gasteiger partial charge in [-0.2, -0.15) is 9.97 Å². The molecule has 0 N–H and O–H groups in total. The van der Waals surface area contributed by atoms with E-state index in [9.17, 15) is 4.79 Å². The van der Waals surface area contributed by atoms with E-state index in [1.165, 1.54) is 11.8 Å². The van der Waals surface area contributed by atoms with Crippen LogP contribution in [-0.4, -0.2) is 52.8 Å². The van der Waals surface area contributed by atoms with Crippen LogP contribution in [0.1, 0.15) is 33.5 Å². The van der Waals surface area contributed by atoms with Gasteiger partial charge in [-0.15, -0.1) is 11.8 Å². The van der Waals surface area contributed by atoms with Crippen molar-refractivity contribution in [2.75, 3.05) is 20.0 Å². The Bertz CT molecular complexity index is 465. The Hall–Kier alpha value is -1.50. The summed E-state index contributed by atoms with van der Waals surface area (Å²) in [4.78, 5) is 22.7. The van der Waals surface area contributed by atoms with Gasteiger partial charge in [-0.25, -0.2) is 0 Å². The lowest BCUT2D eigenvalue weighted by Gasteiger charge is -2.30. The van der Waals surface area contributed by atoms with Crippen LogP contribution in [0.25, 0.3) is 0 Å². The minimum Gasteiger partial charge on any atom is -0.481 e. The molecule has 1 amide bonds. The number of amides is 1. The molecule has 0 spiro atoms. The fourth-order valence-electron chi connectivity index (χ4n) is 2.20. The molecule has 0 bridgehead atoms. The molecule has 0 unspecified atom stereocenters. The van der Waals surface area contributed by atoms with E-state index >= 15 is 0 Å². The predicted molar refractivity (Wildman–Crippen MR) is 88.4 cm³/mol. The summed E-state index contributed by atoms with van der Waals surface area (Å²) in [5, 5.41) is 0. The van der Waals surface area contributed by atoms with E-state index in [-0.39, 0.29) is 18.0 Å². The standard InChI is InChI=1S/C15H25N3O3S/c1-10(2)18(11(3)4)15(19)9-22-8-12-16-13(20-5)7-14(17-12)21-6/h7,10-11H,8-9H2,1-6H3. The SMILES string of the molecule is COc1cc(OC)nc(CSCC(=O)N(C(C)C)C(C)C)n1. The van der Waals surface area contributed by atoms with Crippen LogP contribution in [0.2, 0.25) is 0 Å². The normalized spacial score (nSPS) is 10.9. The molecule has 0 atom stereocenters. The maximum atomic E-state index is 12.3. The molecule has 22 heavy (non-hydrogen) atoms. The van der Waals surface area contributed by atoms with E-state index < -0.39 is 0 Å². The quantitative estimate of drug-likeness (QED) is 0.730. The van der Waals surface area contributed by atoms with Crippen LogP contribution >= 0.6 is 11.8 Å². The highest BCUT2D eigenvalue weighted by Gasteiger charge is 2.19. The fourth-order valence-corrected chi connectivity index (χ4v) is 2.94. The lowest BCUT2D eigenvalue weighted by atomic mass is 10.2. The van der Waals surface area contributed by atoms with E-state index in [0.717, 1.165) is 0 Å². The van der Waals surface area contributed by atoms with Gasteiger partial charge in [-0.1, -0.05) is 0 Å². The second-order valence-corrected chi connectivity index (χ2v) is 6.34. The van der Waals surface area contributed by atoms with Crippen LogP contribution in [0.15, 0.2) is 6.07 Å². The van der Waals surface area contributed by atoms with Crippen molar-refractivity contribution in [3.8, 4) is 11.8 Å². The first-order chi connectivity index (χ1) is 10.4. The number of hydrogen-bond acceptors (Lipinski definition) is 6. The van der Waals surface area contributed by atoms with Crippen molar-refractivity contribution in [1.29, 1.82) is 0 Å². The highest BCUT2D eigenvalue weighted by molar-refractivity contribution is 7.99. The van der Waals surface area contributed by atoms with E-state index in [0.29, 0.717) is 29.1 Å². The van der Waals surface area contributed by atoms with Gasteiger partial charge in [0.1, 0.15) is 5.82 Å². The second-order valence-electron chi connectivity index (χ2n) is 5.35. The van der Waals surface area contributed by atoms with E-state index in [1.807, 2.05) is 32.6 Å². The number of aromatic nitrogens is 2. The molecule has 1 aromatic heterocycles. The van der Waals surface area contributed by atoms with Crippen LogP contribution in [0.3, 0.4) is 0 Å². The third-order valence-electron chi connectivity index (χ3n) is 3.00. The van der Waals surface area contributed by atoms with E-state index in [2.05, 4.69) is 9.97 Å². The molecule has 0 radical (unpaired) electrons. The Morgan fingerprint density at radius 1 is 1.14 bits per heavy atom. The number of methoxy groups -OCH3 is 2. The first-order valence-corrected chi connectivity index (χ1v) is 8.39. The van der Waals surface area contributed by atoms with Gasteiger partial charge in [0, 0.05) is 12.1 Å². The van der Waals surface area contributed by atoms with Crippen LogP contribution < -0.4 is 9.47 Å². The number of ether oxygens (including phenoxy) is 2. The topological polar surface area (TPSA) is 64.6 Å². The summed E-state index contributed by atoms with van der Waals surface area (Å²) in [6.07, 6.45) is 0. The number of carbonyl (C=O) groups excluding carboxylic acids is 1. The number of carbonyl (C=O) groups is 1. The molecule has 124 valence electrons. The predicted octanol–water partition coefficient (Wildman–Crippen LogP) is 2.37. The third kappa shape index (κ3) is 5.36. The Morgan fingerprint density at radius 2 is 1.64 bits per heavy atom. The van der Waals surface area contributed by atoms with Crippen molar-refractivity contribution >= 4 is 17.7 Å². The molecule has 6 nitrogen and oxygen atoms in total. The van der Waals surface area contributed by atoms with Crippen molar-refractivity contribution in [3.63, 3.8) is 0 Å². The van der Waals surface area contributed by atoms with Crippen LogP contribution in [-0.2, 0) is 10.5 Å². The van der Waals surface area contributed by atoms with Gasteiger partial charge in [-0.3, -0.25) is 4.79 Å². The maximum Gasteiger partial charge on any atom is 0.233 e. The van der Waals surface area contributed by atoms with Crippen LogP contribution in [0, 0.1) is 0 Å². The fraction of sp³-hybridized carbons (Fsp3) is 0.667. The molecule has 1 rings (SSSR count). The largest absolute Gasteiger partial charge is 0.481 e. The third-order valence-corrected chi connectivity index (χ3v) is 3.91. The molecule has 1 heterocycles. The van der Waals surface area contributed by atoms with Gasteiger partial charge in [0.15, 0.2) is 0 Å². The lowest BCUT2D eigenvalue weighted by molar-refractivity contribution is -0.131. The highest BCUT2D eigenvalue weighted by atomic mass is 32.2. The number of hydrogen-bond donors (Lipinski definition) is 0. The highest BCUT2D eigenvalue weighted by Crippen LogP contribution is 2.18. The van der Waals surface area contributed by atoms with Gasteiger partial charge < -0.3 is 14.4 Å². The van der Waals surface area contributed by atoms with Crippen molar-refractivity contribution in [3.05, 3.63) is 11.9 Å². The zero-order valence-electron chi connectivity index (χ0n) is 14.1. The van der Waals surface area contributed by atoms with Gasteiger partial charge in [-0.05, 0) is 27.7 Å². The van der Waals surface area contributed by atoms with Crippen LogP contribution in [0.4, 0.5) is 0 Å². The Labute approximate surface area is 136 Å². The van der Waals surface area contributed by atoms with Gasteiger partial charge in [0.2, 0.25) is 17.7 Å².